The second-order valence-electron chi connectivity index (χ2n) is 10.3. The topological polar surface area (TPSA) is 173 Å². The van der Waals surface area contributed by atoms with Crippen LogP contribution in [0.5, 0.6) is 0 Å². The maximum atomic E-state index is 11.5. The van der Waals surface area contributed by atoms with Crippen LogP contribution < -0.4 is 11.1 Å². The molecule has 0 saturated carbocycles. The number of hydrogen-bond acceptors (Lipinski definition) is 11. The van der Waals surface area contributed by atoms with Crippen molar-refractivity contribution < 1.29 is 32.7 Å². The molecule has 0 spiro atoms. The van der Waals surface area contributed by atoms with Crippen molar-refractivity contribution in [1.29, 1.82) is 0 Å². The van der Waals surface area contributed by atoms with Crippen LogP contribution in [0.3, 0.4) is 0 Å². The Bertz CT molecular complexity index is 1340. The molecule has 0 aromatic carbocycles. The third kappa shape index (κ3) is 16.8. The lowest BCUT2D eigenvalue weighted by Crippen LogP contribution is -2.33. The number of anilines is 1. The lowest BCUT2D eigenvalue weighted by Gasteiger charge is -2.19. The molecule has 0 atom stereocenters. The van der Waals surface area contributed by atoms with Gasteiger partial charge in [0.05, 0.1) is 5.56 Å². The Morgan fingerprint density at radius 3 is 2.25 bits per heavy atom. The fourth-order valence-electron chi connectivity index (χ4n) is 3.31. The first-order chi connectivity index (χ1) is 20.4. The van der Waals surface area contributed by atoms with E-state index in [-0.39, 0.29) is 31.3 Å². The van der Waals surface area contributed by atoms with E-state index >= 15 is 0 Å². The largest absolute Gasteiger partial charge is 0.444 e. The normalized spacial score (nSPS) is 10.7. The number of nitrogens with one attached hydrogen (secondary N) is 1. The first-order valence-corrected chi connectivity index (χ1v) is 15.6. The number of aromatic nitrogens is 3. The second-order valence-corrected chi connectivity index (χ2v) is 12.5. The number of alkyl carbamates (subject to hydrolysis) is 1. The van der Waals surface area contributed by atoms with Crippen molar-refractivity contribution in [3.05, 3.63) is 60.0 Å². The van der Waals surface area contributed by atoms with Crippen molar-refractivity contribution in [3.8, 4) is 0 Å². The Morgan fingerprint density at radius 2 is 1.68 bits per heavy atom. The molecule has 3 heterocycles. The number of aryl methyl sites for hydroxylation is 1. The van der Waals surface area contributed by atoms with E-state index in [1.165, 1.54) is 14.2 Å². The fourth-order valence-corrected chi connectivity index (χ4v) is 4.31. The maximum Gasteiger partial charge on any atom is 0.407 e. The van der Waals surface area contributed by atoms with Gasteiger partial charge in [0.1, 0.15) is 23.4 Å². The highest BCUT2D eigenvalue weighted by molar-refractivity contribution is 7.54. The zero-order valence-electron chi connectivity index (χ0n) is 25.9. The van der Waals surface area contributed by atoms with Crippen LogP contribution in [0.25, 0.3) is 11.0 Å². The monoisotopic (exact) mass is 633 g/mol. The highest BCUT2D eigenvalue weighted by Crippen LogP contribution is 2.46. The van der Waals surface area contributed by atoms with E-state index in [1.807, 2.05) is 52.0 Å². The molecule has 0 radical (unpaired) electrons. The van der Waals surface area contributed by atoms with Gasteiger partial charge in [0.2, 0.25) is 0 Å². The first-order valence-electron chi connectivity index (χ1n) is 13.9. The minimum absolute atomic E-state index is 0. The van der Waals surface area contributed by atoms with Crippen LogP contribution in [-0.2, 0) is 29.6 Å². The molecular formula is C31H48N5O7P. The van der Waals surface area contributed by atoms with Gasteiger partial charge in [-0.15, -0.1) is 0 Å². The number of carbonyl (C=O) groups is 3. The van der Waals surface area contributed by atoms with E-state index in [1.54, 1.807) is 24.5 Å². The summed E-state index contributed by atoms with van der Waals surface area (Å²) in [5, 5.41) is 3.78. The van der Waals surface area contributed by atoms with E-state index in [0.717, 1.165) is 42.4 Å². The number of nitrogens with two attached hydrogens (primary N) is 1. The van der Waals surface area contributed by atoms with Crippen LogP contribution >= 0.6 is 7.60 Å². The number of nitrogens with zero attached hydrogens (tertiary/aromatic N) is 3. The minimum Gasteiger partial charge on any atom is -0.444 e. The maximum absolute atomic E-state index is 11.5. The lowest BCUT2D eigenvalue weighted by molar-refractivity contribution is -0.117. The Balaban J connectivity index is 0.000000688. The highest BCUT2D eigenvalue weighted by Gasteiger charge is 2.24. The number of fused-ring (bicyclic) bond motifs is 1. The molecule has 13 heteroatoms. The summed E-state index contributed by atoms with van der Waals surface area (Å²) in [6.07, 6.45) is 7.31. The van der Waals surface area contributed by atoms with Gasteiger partial charge in [0.25, 0.3) is 0 Å². The summed E-state index contributed by atoms with van der Waals surface area (Å²) in [6, 6.07) is 11.2. The molecule has 0 unspecified atom stereocenters. The molecule has 0 fully saturated rings. The van der Waals surface area contributed by atoms with E-state index in [9.17, 15) is 18.9 Å². The Kier molecular flexibility index (Phi) is 19.3. The number of aldehydes is 1. The van der Waals surface area contributed by atoms with Crippen LogP contribution in [0.15, 0.2) is 48.8 Å². The molecule has 44 heavy (non-hydrogen) atoms. The van der Waals surface area contributed by atoms with Crippen LogP contribution in [0.2, 0.25) is 0 Å². The summed E-state index contributed by atoms with van der Waals surface area (Å²) in [5.74, 6) is 0.224. The van der Waals surface area contributed by atoms with Gasteiger partial charge in [-0.2, -0.15) is 0 Å². The summed E-state index contributed by atoms with van der Waals surface area (Å²) in [7, 11) is -0.549. The van der Waals surface area contributed by atoms with Crippen molar-refractivity contribution in [2.45, 2.75) is 72.8 Å². The molecule has 0 saturated heterocycles. The summed E-state index contributed by atoms with van der Waals surface area (Å²) >= 11 is 0. The molecule has 0 aliphatic heterocycles. The van der Waals surface area contributed by atoms with E-state index in [4.69, 9.17) is 10.5 Å². The molecule has 12 nitrogen and oxygen atoms in total. The van der Waals surface area contributed by atoms with Gasteiger partial charge in [-0.05, 0) is 76.4 Å². The molecular weight excluding hydrogens is 585 g/mol. The molecule has 3 rings (SSSR count). The second kappa shape index (κ2) is 21.1. The van der Waals surface area contributed by atoms with Crippen molar-refractivity contribution in [1.82, 2.24) is 20.3 Å². The van der Waals surface area contributed by atoms with E-state index in [2.05, 4.69) is 29.3 Å². The van der Waals surface area contributed by atoms with Crippen LogP contribution in [-0.4, -0.2) is 65.6 Å². The summed E-state index contributed by atoms with van der Waals surface area (Å²) in [5.41, 5.74) is 7.01. The van der Waals surface area contributed by atoms with E-state index < -0.39 is 13.2 Å². The predicted molar refractivity (Wildman–Crippen MR) is 174 cm³/mol. The average molecular weight is 634 g/mol. The van der Waals surface area contributed by atoms with Gasteiger partial charge in [0, 0.05) is 50.7 Å². The molecule has 0 bridgehead atoms. The standard InChI is InChI=1S/C16H21N3O2.C8H17O4P.C6H6N2O.CH4/c1-16(2,3)21-15(20)18-11-5-7-13-9-8-12-6-4-10-17-14(12)19-13;1-4-5-6-8(9)7-13(10,11-2)12-3;7-6-5(4-9)2-1-3-8-6;/h4,6,8-10H,5,7,11H2,1-3H3,(H,18,20);4-7H2,1-3H3;1-4H,(H2,7,8);1H4. The molecule has 1 amide bonds. The number of pyridine rings is 3. The Hall–Kier alpha value is -3.73. The quantitative estimate of drug-likeness (QED) is 0.128. The minimum atomic E-state index is -3.13. The number of carbonyl (C=O) groups excluding carboxylic acids is 3. The molecule has 0 aliphatic rings. The van der Waals surface area contributed by atoms with Gasteiger partial charge in [-0.1, -0.05) is 20.8 Å². The third-order valence-electron chi connectivity index (χ3n) is 5.53. The van der Waals surface area contributed by atoms with Gasteiger partial charge in [-0.25, -0.2) is 19.7 Å². The van der Waals surface area contributed by atoms with Gasteiger partial charge >= 0.3 is 13.7 Å². The highest BCUT2D eigenvalue weighted by atomic mass is 31.2. The number of ketones is 1. The lowest BCUT2D eigenvalue weighted by atomic mass is 10.2. The Morgan fingerprint density at radius 1 is 1.02 bits per heavy atom. The van der Waals surface area contributed by atoms with Crippen molar-refractivity contribution >= 4 is 42.6 Å². The zero-order chi connectivity index (χ0) is 32.3. The molecule has 3 aromatic heterocycles. The van der Waals surface area contributed by atoms with Crippen molar-refractivity contribution in [2.75, 3.05) is 32.7 Å². The fraction of sp³-hybridized carbons (Fsp3) is 0.484. The predicted octanol–water partition coefficient (Wildman–Crippen LogP) is 6.43. The number of ether oxygens (including phenoxy) is 1. The SMILES string of the molecule is C.CC(C)(C)OC(=O)NCCCc1ccc2cccnc2n1.CCCCC(=O)CP(=O)(OC)OC.Nc1ncccc1C=O. The Labute approximate surface area is 261 Å². The number of amides is 1. The smallest absolute Gasteiger partial charge is 0.407 e. The number of rotatable bonds is 12. The number of hydrogen-bond donors (Lipinski definition) is 2. The van der Waals surface area contributed by atoms with Crippen molar-refractivity contribution in [3.63, 3.8) is 0 Å². The zero-order valence-corrected chi connectivity index (χ0v) is 26.8. The summed E-state index contributed by atoms with van der Waals surface area (Å²) in [6.45, 7) is 8.10. The van der Waals surface area contributed by atoms with Gasteiger partial charge in [0.15, 0.2) is 11.9 Å². The molecule has 3 N–H and O–H groups in total. The average Bonchev–Trinajstić information content (AvgIpc) is 2.98. The van der Waals surface area contributed by atoms with E-state index in [0.29, 0.717) is 24.8 Å². The first kappa shape index (κ1) is 40.3. The number of unbranched alkanes of at least 4 members (excludes halogenated alkanes) is 1. The number of Topliss-reactive ketones (excluding diaryl/α,β-unsaturated/α-hetero) is 1. The molecule has 3 aromatic rings. The third-order valence-corrected chi connectivity index (χ3v) is 7.39. The van der Waals surface area contributed by atoms with Gasteiger partial charge in [-0.3, -0.25) is 14.2 Å². The van der Waals surface area contributed by atoms with Crippen LogP contribution in [0.1, 0.15) is 76.9 Å². The summed E-state index contributed by atoms with van der Waals surface area (Å²) < 4.78 is 25.9. The van der Waals surface area contributed by atoms with Crippen molar-refractivity contribution in [2.24, 2.45) is 0 Å². The summed E-state index contributed by atoms with van der Waals surface area (Å²) in [4.78, 5) is 45.2. The van der Waals surface area contributed by atoms with Crippen LogP contribution in [0, 0.1) is 0 Å². The molecule has 244 valence electrons. The molecule has 0 aliphatic carbocycles. The van der Waals surface area contributed by atoms with Crippen LogP contribution in [0.4, 0.5) is 10.6 Å². The number of nitrogen functional groups attached to an aromatic ring is 1. The van der Waals surface area contributed by atoms with Gasteiger partial charge < -0.3 is 24.8 Å².